The zero-order valence-corrected chi connectivity index (χ0v) is 23.4. The van der Waals surface area contributed by atoms with Crippen LogP contribution in [0.1, 0.15) is 40.2 Å². The topological polar surface area (TPSA) is 126 Å². The highest BCUT2D eigenvalue weighted by molar-refractivity contribution is 7.21. The lowest BCUT2D eigenvalue weighted by Crippen LogP contribution is -2.48. The van der Waals surface area contributed by atoms with Gasteiger partial charge in [0.1, 0.15) is 15.5 Å². The van der Waals surface area contributed by atoms with E-state index in [1.54, 1.807) is 29.3 Å². The molecule has 1 aliphatic carbocycles. The van der Waals surface area contributed by atoms with Crippen LogP contribution in [0.2, 0.25) is 0 Å². The molecule has 4 aromatic rings. The Balaban J connectivity index is 1.30. The van der Waals surface area contributed by atoms with Gasteiger partial charge >= 0.3 is 6.03 Å². The molecule has 1 saturated carbocycles. The molecule has 0 bridgehead atoms. The van der Waals surface area contributed by atoms with Gasteiger partial charge in [0.05, 0.1) is 22.4 Å². The number of carbonyl (C=O) groups is 3. The van der Waals surface area contributed by atoms with Crippen molar-refractivity contribution < 1.29 is 19.1 Å². The number of aryl methyl sites for hydroxylation is 2. The van der Waals surface area contributed by atoms with Crippen LogP contribution in [0.3, 0.4) is 0 Å². The molecule has 3 N–H and O–H groups in total. The lowest BCUT2D eigenvalue weighted by molar-refractivity contribution is -0.117. The fourth-order valence-corrected chi connectivity index (χ4v) is 6.43. The van der Waals surface area contributed by atoms with Crippen molar-refractivity contribution in [3.8, 4) is 11.6 Å². The average molecular weight is 569 g/mol. The smallest absolute Gasteiger partial charge is 0.331 e. The highest BCUT2D eigenvalue weighted by atomic mass is 32.1. The predicted octanol–water partition coefficient (Wildman–Crippen LogP) is 5.74. The molecule has 0 saturated heterocycles. The van der Waals surface area contributed by atoms with E-state index >= 15 is 0 Å². The van der Waals surface area contributed by atoms with Crippen molar-refractivity contribution in [2.24, 2.45) is 0 Å². The van der Waals surface area contributed by atoms with Crippen LogP contribution in [0.4, 0.5) is 21.9 Å². The maximum Gasteiger partial charge on any atom is 0.331 e. The minimum atomic E-state index is -0.383. The summed E-state index contributed by atoms with van der Waals surface area (Å²) < 4.78 is 5.93. The molecule has 41 heavy (non-hydrogen) atoms. The van der Waals surface area contributed by atoms with E-state index in [0.29, 0.717) is 43.8 Å². The van der Waals surface area contributed by atoms with Crippen LogP contribution in [0.5, 0.6) is 11.6 Å². The number of aromatic nitrogens is 2. The fourth-order valence-electron chi connectivity index (χ4n) is 5.40. The van der Waals surface area contributed by atoms with Crippen molar-refractivity contribution in [3.63, 3.8) is 0 Å². The molecule has 11 heteroatoms. The number of carbonyl (C=O) groups excluding carboxylic acids is 3. The van der Waals surface area contributed by atoms with E-state index in [1.807, 2.05) is 38.1 Å². The van der Waals surface area contributed by atoms with Crippen LogP contribution in [0, 0.1) is 13.8 Å². The van der Waals surface area contributed by atoms with Gasteiger partial charge in [0, 0.05) is 30.0 Å². The molecule has 3 aromatic heterocycles. The second-order valence-electron chi connectivity index (χ2n) is 10.1. The van der Waals surface area contributed by atoms with Gasteiger partial charge in [-0.05, 0) is 75.1 Å². The molecule has 6 rings (SSSR count). The lowest BCUT2D eigenvalue weighted by atomic mass is 10.1. The molecule has 4 amide bonds. The standard InChI is InChI=1S/C30H28N6O4S/c1-4-23(37)33-19-8-6-9-20(19)34-28(38)27-26-25-22(13-14-31-29(25)41-27)36(30(39)35-26)21-12-11-18(15-16(21)2)40-24-10-5-7-17(3)32-24/h4-5,7,10-15,19-20H,1,6,8-9H2,2-3H3,(H,33,37)(H,34,38)(H,35,39)/t19-,20+/m0/s1. The fraction of sp³-hybridized carbons (Fsp3) is 0.233. The Morgan fingerprint density at radius 1 is 1.12 bits per heavy atom. The van der Waals surface area contributed by atoms with Crippen LogP contribution >= 0.6 is 11.3 Å². The lowest BCUT2D eigenvalue weighted by Gasteiger charge is -2.29. The molecule has 2 aliphatic rings. The predicted molar refractivity (Wildman–Crippen MR) is 158 cm³/mol. The number of hydrogen-bond acceptors (Lipinski definition) is 7. The monoisotopic (exact) mass is 568 g/mol. The van der Waals surface area contributed by atoms with Crippen LogP contribution in [0.15, 0.2) is 61.3 Å². The van der Waals surface area contributed by atoms with Gasteiger partial charge in [0.2, 0.25) is 11.8 Å². The highest BCUT2D eigenvalue weighted by Crippen LogP contribution is 2.46. The Hall–Kier alpha value is -4.77. The summed E-state index contributed by atoms with van der Waals surface area (Å²) in [5, 5.41) is 9.60. The third-order valence-electron chi connectivity index (χ3n) is 7.29. The molecule has 4 heterocycles. The molecule has 2 atom stereocenters. The normalized spacial score (nSPS) is 17.7. The number of pyridine rings is 2. The number of anilines is 3. The first-order chi connectivity index (χ1) is 19.8. The van der Waals surface area contributed by atoms with Crippen molar-refractivity contribution in [2.75, 3.05) is 10.2 Å². The molecule has 1 aliphatic heterocycles. The van der Waals surface area contributed by atoms with E-state index in [2.05, 4.69) is 32.5 Å². The Morgan fingerprint density at radius 3 is 2.68 bits per heavy atom. The molecule has 10 nitrogen and oxygen atoms in total. The van der Waals surface area contributed by atoms with Gasteiger partial charge in [0.25, 0.3) is 5.91 Å². The second-order valence-corrected chi connectivity index (χ2v) is 11.1. The third kappa shape index (κ3) is 5.00. The average Bonchev–Trinajstić information content (AvgIpc) is 3.54. The summed E-state index contributed by atoms with van der Waals surface area (Å²) in [4.78, 5) is 50.3. The molecule has 1 aromatic carbocycles. The quantitative estimate of drug-likeness (QED) is 0.244. The van der Waals surface area contributed by atoms with E-state index in [-0.39, 0.29) is 29.9 Å². The third-order valence-corrected chi connectivity index (χ3v) is 8.39. The van der Waals surface area contributed by atoms with Crippen molar-refractivity contribution >= 4 is 56.5 Å². The molecule has 0 unspecified atom stereocenters. The Labute approximate surface area is 240 Å². The van der Waals surface area contributed by atoms with Gasteiger partial charge < -0.3 is 20.7 Å². The van der Waals surface area contributed by atoms with Gasteiger partial charge in [-0.15, -0.1) is 11.3 Å². The summed E-state index contributed by atoms with van der Waals surface area (Å²) in [7, 11) is 0. The summed E-state index contributed by atoms with van der Waals surface area (Å²) in [6.45, 7) is 7.31. The van der Waals surface area contributed by atoms with E-state index in [1.165, 1.54) is 17.4 Å². The van der Waals surface area contributed by atoms with Gasteiger partial charge in [-0.25, -0.2) is 14.8 Å². The minimum absolute atomic E-state index is 0.175. The van der Waals surface area contributed by atoms with Crippen molar-refractivity contribution in [1.29, 1.82) is 0 Å². The summed E-state index contributed by atoms with van der Waals surface area (Å²) in [6.07, 6.45) is 5.27. The minimum Gasteiger partial charge on any atom is -0.439 e. The number of nitrogens with one attached hydrogen (secondary N) is 3. The molecule has 1 fully saturated rings. The molecule has 0 radical (unpaired) electrons. The summed E-state index contributed by atoms with van der Waals surface area (Å²) >= 11 is 1.23. The van der Waals surface area contributed by atoms with Crippen LogP contribution in [-0.4, -0.2) is 39.9 Å². The number of urea groups is 1. The van der Waals surface area contributed by atoms with Crippen LogP contribution in [0.25, 0.3) is 10.2 Å². The van der Waals surface area contributed by atoms with Crippen LogP contribution < -0.4 is 25.6 Å². The highest BCUT2D eigenvalue weighted by Gasteiger charge is 2.35. The SMILES string of the molecule is C=CC(=O)N[C@H]1CCC[C@H]1NC(=O)c1sc2nccc3c2c1NC(=O)N3c1ccc(Oc2cccc(C)n2)cc1C. The zero-order chi connectivity index (χ0) is 28.7. The number of nitrogens with zero attached hydrogens (tertiary/aromatic N) is 3. The number of rotatable bonds is 7. The van der Waals surface area contributed by atoms with Gasteiger partial charge in [-0.2, -0.15) is 0 Å². The molecule has 208 valence electrons. The van der Waals surface area contributed by atoms with Crippen molar-refractivity contribution in [3.05, 3.63) is 77.5 Å². The number of amides is 4. The molecule has 0 spiro atoms. The summed E-state index contributed by atoms with van der Waals surface area (Å²) in [5.74, 6) is 0.515. The summed E-state index contributed by atoms with van der Waals surface area (Å²) in [6, 6.07) is 12.0. The number of thiophene rings is 1. The van der Waals surface area contributed by atoms with E-state index < -0.39 is 0 Å². The van der Waals surface area contributed by atoms with Gasteiger partial charge in [0.15, 0.2) is 0 Å². The van der Waals surface area contributed by atoms with Crippen LogP contribution in [-0.2, 0) is 4.79 Å². The molecular formula is C30H28N6O4S. The largest absolute Gasteiger partial charge is 0.439 e. The second kappa shape index (κ2) is 10.7. The Kier molecular flexibility index (Phi) is 6.88. The first-order valence-electron chi connectivity index (χ1n) is 13.3. The maximum absolute atomic E-state index is 13.6. The van der Waals surface area contributed by atoms with E-state index in [0.717, 1.165) is 30.5 Å². The van der Waals surface area contributed by atoms with Crippen molar-refractivity contribution in [1.82, 2.24) is 20.6 Å². The first-order valence-corrected chi connectivity index (χ1v) is 14.1. The Morgan fingerprint density at radius 2 is 1.93 bits per heavy atom. The maximum atomic E-state index is 13.6. The van der Waals surface area contributed by atoms with E-state index in [4.69, 9.17) is 4.74 Å². The number of benzene rings is 1. The molecular weight excluding hydrogens is 540 g/mol. The van der Waals surface area contributed by atoms with Gasteiger partial charge in [-0.3, -0.25) is 14.5 Å². The first kappa shape index (κ1) is 26.5. The Bertz CT molecular complexity index is 1720. The van der Waals surface area contributed by atoms with E-state index in [9.17, 15) is 14.4 Å². The number of ether oxygens (including phenoxy) is 1. The summed E-state index contributed by atoms with van der Waals surface area (Å²) in [5.41, 5.74) is 3.43. The zero-order valence-electron chi connectivity index (χ0n) is 22.6. The number of hydrogen-bond donors (Lipinski definition) is 3. The van der Waals surface area contributed by atoms with Crippen molar-refractivity contribution in [2.45, 2.75) is 45.2 Å². The van der Waals surface area contributed by atoms with Gasteiger partial charge in [-0.1, -0.05) is 12.6 Å².